The van der Waals surface area contributed by atoms with Crippen molar-refractivity contribution < 1.29 is 4.74 Å². The molecular weight excluding hydrogens is 402 g/mol. The third-order valence-electron chi connectivity index (χ3n) is 5.62. The first-order chi connectivity index (χ1) is 15.6. The molecule has 1 aromatic heterocycles. The van der Waals surface area contributed by atoms with Crippen LogP contribution in [0, 0.1) is 0 Å². The molecule has 0 radical (unpaired) electrons. The number of rotatable bonds is 14. The highest BCUT2D eigenvalue weighted by Gasteiger charge is 2.08. The van der Waals surface area contributed by atoms with Crippen molar-refractivity contribution in [2.24, 2.45) is 4.99 Å². The monoisotopic (exact) mass is 443 g/mol. The van der Waals surface area contributed by atoms with Gasteiger partial charge in [0.2, 0.25) is 0 Å². The number of hydrogen-bond acceptors (Lipinski definition) is 5. The van der Waals surface area contributed by atoms with Gasteiger partial charge in [-0.3, -0.25) is 0 Å². The van der Waals surface area contributed by atoms with Crippen molar-refractivity contribution in [3.63, 3.8) is 0 Å². The van der Waals surface area contributed by atoms with Crippen LogP contribution in [0.3, 0.4) is 0 Å². The van der Waals surface area contributed by atoms with Crippen molar-refractivity contribution >= 4 is 5.96 Å². The molecule has 0 aliphatic carbocycles. The predicted molar refractivity (Wildman–Crippen MR) is 131 cm³/mol. The summed E-state index contributed by atoms with van der Waals surface area (Å²) in [4.78, 5) is 7.30. The maximum Gasteiger partial charge on any atom is 0.191 e. The Morgan fingerprint density at radius 2 is 1.94 bits per heavy atom. The summed E-state index contributed by atoms with van der Waals surface area (Å²) in [6.45, 7) is 14.3. The summed E-state index contributed by atoms with van der Waals surface area (Å²) in [5.74, 6) is 2.69. The number of hydrogen-bond donors (Lipinski definition) is 2. The van der Waals surface area contributed by atoms with Gasteiger partial charge in [-0.1, -0.05) is 32.9 Å². The molecule has 0 saturated carbocycles. The number of aryl methyl sites for hydroxylation is 1. The SMILES string of the molecule is CCc1nncn1CCNC(=NCc1ccc(OC)cc1)NC(C)CCCN(CC)CC. The Morgan fingerprint density at radius 3 is 2.59 bits per heavy atom. The van der Waals surface area contributed by atoms with Gasteiger partial charge in [0.05, 0.1) is 13.7 Å². The number of methoxy groups -OCH3 is 1. The first-order valence-corrected chi connectivity index (χ1v) is 11.9. The molecule has 0 amide bonds. The highest BCUT2D eigenvalue weighted by molar-refractivity contribution is 5.80. The third-order valence-corrected chi connectivity index (χ3v) is 5.62. The Labute approximate surface area is 193 Å². The van der Waals surface area contributed by atoms with Gasteiger partial charge in [0.1, 0.15) is 17.9 Å². The molecule has 1 aromatic carbocycles. The van der Waals surface area contributed by atoms with E-state index in [1.807, 2.05) is 12.1 Å². The van der Waals surface area contributed by atoms with Crippen molar-refractivity contribution in [2.45, 2.75) is 66.1 Å². The van der Waals surface area contributed by atoms with Crippen LogP contribution in [0.15, 0.2) is 35.6 Å². The average molecular weight is 444 g/mol. The van der Waals surface area contributed by atoms with E-state index in [4.69, 9.17) is 9.73 Å². The lowest BCUT2D eigenvalue weighted by Gasteiger charge is -2.21. The maximum atomic E-state index is 5.25. The fourth-order valence-corrected chi connectivity index (χ4v) is 3.55. The number of ether oxygens (including phenoxy) is 1. The number of guanidine groups is 1. The molecule has 0 bridgehead atoms. The Balaban J connectivity index is 1.93. The molecule has 32 heavy (non-hydrogen) atoms. The minimum atomic E-state index is 0.341. The summed E-state index contributed by atoms with van der Waals surface area (Å²) >= 11 is 0. The summed E-state index contributed by atoms with van der Waals surface area (Å²) < 4.78 is 7.33. The highest BCUT2D eigenvalue weighted by atomic mass is 16.5. The zero-order valence-electron chi connectivity index (χ0n) is 20.5. The third kappa shape index (κ3) is 8.86. The van der Waals surface area contributed by atoms with Gasteiger partial charge in [-0.25, -0.2) is 4.99 Å². The van der Waals surface area contributed by atoms with Crippen molar-refractivity contribution in [2.75, 3.05) is 33.3 Å². The lowest BCUT2D eigenvalue weighted by molar-refractivity contribution is 0.292. The van der Waals surface area contributed by atoms with Gasteiger partial charge < -0.3 is 24.8 Å². The summed E-state index contributed by atoms with van der Waals surface area (Å²) in [7, 11) is 1.68. The van der Waals surface area contributed by atoms with Crippen LogP contribution < -0.4 is 15.4 Å². The van der Waals surface area contributed by atoms with Gasteiger partial charge in [-0.05, 0) is 57.1 Å². The molecule has 178 valence electrons. The van der Waals surface area contributed by atoms with Gasteiger partial charge in [-0.15, -0.1) is 10.2 Å². The van der Waals surface area contributed by atoms with Crippen LogP contribution in [0.1, 0.15) is 51.9 Å². The van der Waals surface area contributed by atoms with Gasteiger partial charge in [-0.2, -0.15) is 0 Å². The molecule has 1 unspecified atom stereocenters. The van der Waals surface area contributed by atoms with Crippen molar-refractivity contribution in [3.05, 3.63) is 42.0 Å². The summed E-state index contributed by atoms with van der Waals surface area (Å²) in [6, 6.07) is 8.39. The summed E-state index contributed by atoms with van der Waals surface area (Å²) in [6.07, 6.45) is 4.94. The van der Waals surface area contributed by atoms with Gasteiger partial charge in [0, 0.05) is 25.6 Å². The van der Waals surface area contributed by atoms with E-state index in [9.17, 15) is 0 Å². The average Bonchev–Trinajstić information content (AvgIpc) is 3.28. The quantitative estimate of drug-likeness (QED) is 0.345. The molecule has 0 spiro atoms. The predicted octanol–water partition coefficient (Wildman–Crippen LogP) is 3.10. The van der Waals surface area contributed by atoms with E-state index >= 15 is 0 Å². The number of nitrogens with one attached hydrogen (secondary N) is 2. The van der Waals surface area contributed by atoms with Crippen LogP contribution in [-0.4, -0.2) is 65.0 Å². The van der Waals surface area contributed by atoms with Crippen molar-refractivity contribution in [3.8, 4) is 5.75 Å². The summed E-state index contributed by atoms with van der Waals surface area (Å²) in [5.41, 5.74) is 1.15. The fraction of sp³-hybridized carbons (Fsp3) is 0.625. The van der Waals surface area contributed by atoms with Gasteiger partial charge in [0.15, 0.2) is 5.96 Å². The van der Waals surface area contributed by atoms with Crippen LogP contribution >= 0.6 is 0 Å². The molecule has 2 rings (SSSR count). The van der Waals surface area contributed by atoms with Gasteiger partial charge in [0.25, 0.3) is 0 Å². The molecule has 0 saturated heterocycles. The lowest BCUT2D eigenvalue weighted by Crippen LogP contribution is -2.43. The fourth-order valence-electron chi connectivity index (χ4n) is 3.55. The van der Waals surface area contributed by atoms with Crippen LogP contribution in [0.2, 0.25) is 0 Å². The Bertz CT molecular complexity index is 784. The molecule has 8 heteroatoms. The van der Waals surface area contributed by atoms with Crippen LogP contribution in [0.4, 0.5) is 0 Å². The second-order valence-electron chi connectivity index (χ2n) is 7.95. The normalized spacial score (nSPS) is 12.8. The van der Waals surface area contributed by atoms with Crippen LogP contribution in [-0.2, 0) is 19.5 Å². The standard InChI is InChI=1S/C24H41N7O/c1-6-23-29-27-19-31(23)17-15-25-24(26-18-21-11-13-22(32-5)14-12-21)28-20(4)10-9-16-30(7-2)8-3/h11-14,19-20H,6-10,15-18H2,1-5H3,(H2,25,26,28). The molecule has 1 heterocycles. The summed E-state index contributed by atoms with van der Waals surface area (Å²) in [5, 5.41) is 15.2. The van der Waals surface area contributed by atoms with E-state index in [1.165, 1.54) is 6.42 Å². The van der Waals surface area contributed by atoms with E-state index < -0.39 is 0 Å². The molecule has 2 aromatic rings. The molecule has 0 aliphatic heterocycles. The molecule has 1 atom stereocenters. The minimum absolute atomic E-state index is 0.341. The molecular formula is C24H41N7O. The number of nitrogens with zero attached hydrogens (tertiary/aromatic N) is 5. The molecule has 0 aliphatic rings. The Morgan fingerprint density at radius 1 is 1.19 bits per heavy atom. The first-order valence-electron chi connectivity index (χ1n) is 11.9. The van der Waals surface area contributed by atoms with Gasteiger partial charge >= 0.3 is 0 Å². The topological polar surface area (TPSA) is 79.6 Å². The maximum absolute atomic E-state index is 5.25. The Hall–Kier alpha value is -2.61. The van der Waals surface area contributed by atoms with Crippen LogP contribution in [0.5, 0.6) is 5.75 Å². The highest BCUT2D eigenvalue weighted by Crippen LogP contribution is 2.12. The smallest absolute Gasteiger partial charge is 0.191 e. The second-order valence-corrected chi connectivity index (χ2v) is 7.95. The second kappa shape index (κ2) is 14.5. The van der Waals surface area contributed by atoms with Crippen LogP contribution in [0.25, 0.3) is 0 Å². The zero-order valence-corrected chi connectivity index (χ0v) is 20.5. The number of aromatic nitrogens is 3. The minimum Gasteiger partial charge on any atom is -0.497 e. The lowest BCUT2D eigenvalue weighted by atomic mass is 10.2. The first kappa shape index (κ1) is 25.6. The largest absolute Gasteiger partial charge is 0.497 e. The van der Waals surface area contributed by atoms with E-state index in [0.29, 0.717) is 12.6 Å². The van der Waals surface area contributed by atoms with E-state index in [-0.39, 0.29) is 0 Å². The van der Waals surface area contributed by atoms with Crippen molar-refractivity contribution in [1.82, 2.24) is 30.3 Å². The molecule has 0 fully saturated rings. The number of benzene rings is 1. The zero-order chi connectivity index (χ0) is 23.2. The molecule has 8 nitrogen and oxygen atoms in total. The number of aliphatic imine (C=N–C) groups is 1. The molecule has 2 N–H and O–H groups in total. The van der Waals surface area contributed by atoms with E-state index in [0.717, 1.165) is 68.7 Å². The van der Waals surface area contributed by atoms with Crippen molar-refractivity contribution in [1.29, 1.82) is 0 Å². The van der Waals surface area contributed by atoms with E-state index in [1.54, 1.807) is 13.4 Å². The Kier molecular flexibility index (Phi) is 11.6. The van der Waals surface area contributed by atoms with E-state index in [2.05, 4.69) is 70.1 Å².